The van der Waals surface area contributed by atoms with Crippen molar-refractivity contribution < 1.29 is 9.53 Å². The van der Waals surface area contributed by atoms with Crippen LogP contribution < -0.4 is 0 Å². The van der Waals surface area contributed by atoms with Crippen LogP contribution in [0.5, 0.6) is 0 Å². The lowest BCUT2D eigenvalue weighted by Gasteiger charge is -2.31. The number of hydrogen-bond acceptors (Lipinski definition) is 3. The highest BCUT2D eigenvalue weighted by atomic mass is 32.2. The molecule has 1 aliphatic rings. The SMILES string of the molecule is CCOC(=O)C=C1C=C(CC(C)CCC(CC)(CC)SC)CC1. The number of esters is 1. The van der Waals surface area contributed by atoms with Crippen molar-refractivity contribution in [3.8, 4) is 0 Å². The van der Waals surface area contributed by atoms with Gasteiger partial charge >= 0.3 is 5.97 Å². The highest BCUT2D eigenvalue weighted by molar-refractivity contribution is 8.00. The zero-order valence-corrected chi connectivity index (χ0v) is 16.4. The van der Waals surface area contributed by atoms with Crippen LogP contribution in [0.25, 0.3) is 0 Å². The molecule has 0 aromatic heterocycles. The first kappa shape index (κ1) is 20.3. The molecule has 0 amide bonds. The molecule has 3 heteroatoms. The molecule has 0 bridgehead atoms. The highest BCUT2D eigenvalue weighted by Gasteiger charge is 2.25. The maximum absolute atomic E-state index is 11.5. The fraction of sp³-hybridized carbons (Fsp3) is 0.750. The molecule has 0 aromatic carbocycles. The van der Waals surface area contributed by atoms with Crippen molar-refractivity contribution in [1.29, 1.82) is 0 Å². The lowest BCUT2D eigenvalue weighted by atomic mass is 9.89. The zero-order valence-electron chi connectivity index (χ0n) is 15.6. The first-order valence-corrected chi connectivity index (χ1v) is 10.3. The van der Waals surface area contributed by atoms with E-state index in [0.29, 0.717) is 17.3 Å². The van der Waals surface area contributed by atoms with Gasteiger partial charge in [-0.05, 0) is 69.6 Å². The fourth-order valence-corrected chi connectivity index (χ4v) is 4.27. The molecule has 0 saturated carbocycles. The van der Waals surface area contributed by atoms with E-state index >= 15 is 0 Å². The van der Waals surface area contributed by atoms with Gasteiger partial charge in [0, 0.05) is 10.8 Å². The van der Waals surface area contributed by atoms with Crippen LogP contribution in [0.15, 0.2) is 23.3 Å². The second-order valence-corrected chi connectivity index (χ2v) is 7.99. The summed E-state index contributed by atoms with van der Waals surface area (Å²) in [5.74, 6) is 0.511. The molecule has 0 saturated heterocycles. The first-order chi connectivity index (χ1) is 11.0. The summed E-state index contributed by atoms with van der Waals surface area (Å²) in [5, 5.41) is 0. The van der Waals surface area contributed by atoms with Crippen LogP contribution in [0.3, 0.4) is 0 Å². The van der Waals surface area contributed by atoms with E-state index in [4.69, 9.17) is 4.74 Å². The second kappa shape index (κ2) is 10.2. The number of rotatable bonds is 10. The molecule has 2 nitrogen and oxygen atoms in total. The molecule has 1 rings (SSSR count). The number of thioether (sulfide) groups is 1. The van der Waals surface area contributed by atoms with Crippen LogP contribution in [0.2, 0.25) is 0 Å². The Kier molecular flexibility index (Phi) is 9.04. The van der Waals surface area contributed by atoms with Crippen LogP contribution in [0.4, 0.5) is 0 Å². The predicted molar refractivity (Wildman–Crippen MR) is 102 cm³/mol. The Morgan fingerprint density at radius 2 is 2.04 bits per heavy atom. The van der Waals surface area contributed by atoms with Gasteiger partial charge in [0.25, 0.3) is 0 Å². The molecule has 0 N–H and O–H groups in total. The standard InChI is InChI=1S/C20H34O2S/c1-6-20(7-2,23-5)12-11-16(4)13-17-9-10-18(14-17)15-19(21)22-8-3/h14-16H,6-13H2,1-5H3. The largest absolute Gasteiger partial charge is 0.463 e. The van der Waals surface area contributed by atoms with Gasteiger partial charge in [-0.1, -0.05) is 32.4 Å². The molecule has 0 fully saturated rings. The van der Waals surface area contributed by atoms with Crippen LogP contribution in [0, 0.1) is 5.92 Å². The van der Waals surface area contributed by atoms with E-state index in [1.807, 2.05) is 18.7 Å². The van der Waals surface area contributed by atoms with E-state index in [-0.39, 0.29) is 5.97 Å². The minimum atomic E-state index is -0.205. The van der Waals surface area contributed by atoms with Gasteiger partial charge in [0.2, 0.25) is 0 Å². The Morgan fingerprint density at radius 1 is 1.35 bits per heavy atom. The minimum Gasteiger partial charge on any atom is -0.463 e. The van der Waals surface area contributed by atoms with Crippen molar-refractivity contribution in [3.05, 3.63) is 23.3 Å². The minimum absolute atomic E-state index is 0.205. The van der Waals surface area contributed by atoms with Gasteiger partial charge in [0.05, 0.1) is 6.61 Å². The monoisotopic (exact) mass is 338 g/mol. The lowest BCUT2D eigenvalue weighted by Crippen LogP contribution is -2.23. The maximum Gasteiger partial charge on any atom is 0.331 e. The fourth-order valence-electron chi connectivity index (χ4n) is 3.37. The summed E-state index contributed by atoms with van der Waals surface area (Å²) in [6.45, 7) is 9.29. The number of carbonyl (C=O) groups excluding carboxylic acids is 1. The van der Waals surface area contributed by atoms with Crippen molar-refractivity contribution in [2.45, 2.75) is 77.4 Å². The molecular formula is C20H34O2S. The third kappa shape index (κ3) is 6.74. The summed E-state index contributed by atoms with van der Waals surface area (Å²) in [6, 6.07) is 0. The Labute approximate surface area is 147 Å². The Bertz CT molecular complexity index is 425. The molecule has 132 valence electrons. The average molecular weight is 339 g/mol. The topological polar surface area (TPSA) is 26.3 Å². The quantitative estimate of drug-likeness (QED) is 0.365. The van der Waals surface area contributed by atoms with Crippen LogP contribution >= 0.6 is 11.8 Å². The average Bonchev–Trinajstić information content (AvgIpc) is 2.96. The molecule has 23 heavy (non-hydrogen) atoms. The number of allylic oxidation sites excluding steroid dienone is 3. The van der Waals surface area contributed by atoms with E-state index < -0.39 is 0 Å². The van der Waals surface area contributed by atoms with Gasteiger partial charge in [-0.3, -0.25) is 0 Å². The Morgan fingerprint density at radius 3 is 2.61 bits per heavy atom. The molecule has 0 heterocycles. The second-order valence-electron chi connectivity index (χ2n) is 6.72. The van der Waals surface area contributed by atoms with Crippen molar-refractivity contribution >= 4 is 17.7 Å². The normalized spacial score (nSPS) is 18.1. The molecule has 0 spiro atoms. The van der Waals surface area contributed by atoms with Crippen LogP contribution in [-0.4, -0.2) is 23.6 Å². The van der Waals surface area contributed by atoms with Crippen LogP contribution in [-0.2, 0) is 9.53 Å². The third-order valence-corrected chi connectivity index (χ3v) is 6.79. The first-order valence-electron chi connectivity index (χ1n) is 9.10. The molecule has 0 aromatic rings. The van der Waals surface area contributed by atoms with Gasteiger partial charge in [0.1, 0.15) is 0 Å². The predicted octanol–water partition coefficient (Wildman–Crippen LogP) is 5.92. The van der Waals surface area contributed by atoms with Gasteiger partial charge in [-0.25, -0.2) is 4.79 Å². The number of carbonyl (C=O) groups is 1. The van der Waals surface area contributed by atoms with E-state index in [0.717, 1.165) is 24.8 Å². The number of ether oxygens (including phenoxy) is 1. The summed E-state index contributed by atoms with van der Waals surface area (Å²) in [6.07, 6.45) is 14.5. The van der Waals surface area contributed by atoms with Crippen molar-refractivity contribution in [2.24, 2.45) is 5.92 Å². The summed E-state index contributed by atoms with van der Waals surface area (Å²) < 4.78 is 5.45. The molecular weight excluding hydrogens is 304 g/mol. The Hall–Kier alpha value is -0.700. The molecule has 0 radical (unpaired) electrons. The third-order valence-electron chi connectivity index (χ3n) is 5.14. The Balaban J connectivity index is 2.49. The van der Waals surface area contributed by atoms with Crippen molar-refractivity contribution in [1.82, 2.24) is 0 Å². The number of hydrogen-bond donors (Lipinski definition) is 0. The van der Waals surface area contributed by atoms with Crippen molar-refractivity contribution in [3.63, 3.8) is 0 Å². The van der Waals surface area contributed by atoms with Gasteiger partial charge in [-0.2, -0.15) is 11.8 Å². The van der Waals surface area contributed by atoms with Gasteiger partial charge in [0.15, 0.2) is 0 Å². The summed E-state index contributed by atoms with van der Waals surface area (Å²) in [7, 11) is 0. The van der Waals surface area contributed by atoms with E-state index in [2.05, 4.69) is 33.1 Å². The molecule has 0 aliphatic heterocycles. The lowest BCUT2D eigenvalue weighted by molar-refractivity contribution is -0.137. The maximum atomic E-state index is 11.5. The molecule has 1 unspecified atom stereocenters. The van der Waals surface area contributed by atoms with Gasteiger partial charge in [-0.15, -0.1) is 0 Å². The molecule has 1 aliphatic carbocycles. The van der Waals surface area contributed by atoms with Gasteiger partial charge < -0.3 is 4.74 Å². The van der Waals surface area contributed by atoms with Crippen molar-refractivity contribution in [2.75, 3.05) is 12.9 Å². The van der Waals surface area contributed by atoms with E-state index in [1.165, 1.54) is 31.3 Å². The van der Waals surface area contributed by atoms with E-state index in [1.54, 1.807) is 6.08 Å². The highest BCUT2D eigenvalue weighted by Crippen LogP contribution is 2.37. The zero-order chi connectivity index (χ0) is 17.3. The smallest absolute Gasteiger partial charge is 0.331 e. The van der Waals surface area contributed by atoms with E-state index in [9.17, 15) is 4.79 Å². The van der Waals surface area contributed by atoms with Crippen LogP contribution in [0.1, 0.15) is 72.6 Å². The molecule has 1 atom stereocenters. The summed E-state index contributed by atoms with van der Waals surface area (Å²) in [5.41, 5.74) is 2.63. The summed E-state index contributed by atoms with van der Waals surface area (Å²) in [4.78, 5) is 11.5. The summed E-state index contributed by atoms with van der Waals surface area (Å²) >= 11 is 2.04.